The molecule has 1 amide bonds. The van der Waals surface area contributed by atoms with E-state index < -0.39 is 0 Å². The molecule has 6 nitrogen and oxygen atoms in total. The lowest BCUT2D eigenvalue weighted by atomic mass is 10.0. The van der Waals surface area contributed by atoms with Gasteiger partial charge in [-0.3, -0.25) is 9.69 Å². The number of benzene rings is 1. The van der Waals surface area contributed by atoms with Crippen LogP contribution < -0.4 is 10.1 Å². The minimum atomic E-state index is -0.0318. The average molecular weight is 439 g/mol. The number of aryl methyl sites for hydroxylation is 3. The van der Waals surface area contributed by atoms with Gasteiger partial charge in [0, 0.05) is 24.0 Å². The number of likely N-dealkylation sites (tertiary alicyclic amines) is 1. The summed E-state index contributed by atoms with van der Waals surface area (Å²) < 4.78 is 5.31. The quantitative estimate of drug-likeness (QED) is 0.590. The van der Waals surface area contributed by atoms with Crippen molar-refractivity contribution in [1.82, 2.24) is 20.2 Å². The molecule has 3 heterocycles. The number of hydrogen-bond acceptors (Lipinski definition) is 6. The highest BCUT2D eigenvalue weighted by molar-refractivity contribution is 7.20. The number of methoxy groups -OCH3 is 1. The third-order valence-electron chi connectivity index (χ3n) is 6.08. The third-order valence-corrected chi connectivity index (χ3v) is 7.26. The fourth-order valence-electron chi connectivity index (χ4n) is 4.38. The Morgan fingerprint density at radius 3 is 2.55 bits per heavy atom. The second kappa shape index (κ2) is 9.32. The molecular formula is C24H30N4O2S. The van der Waals surface area contributed by atoms with Gasteiger partial charge in [-0.15, -0.1) is 11.3 Å². The Kier molecular flexibility index (Phi) is 6.53. The first kappa shape index (κ1) is 21.7. The molecule has 0 spiro atoms. The van der Waals surface area contributed by atoms with Crippen LogP contribution in [0.1, 0.15) is 58.1 Å². The van der Waals surface area contributed by atoms with Gasteiger partial charge in [0.1, 0.15) is 16.4 Å². The van der Waals surface area contributed by atoms with Crippen LogP contribution in [0.25, 0.3) is 10.2 Å². The second-order valence-electron chi connectivity index (χ2n) is 8.06. The van der Waals surface area contributed by atoms with E-state index in [9.17, 15) is 4.79 Å². The molecule has 1 fully saturated rings. The smallest absolute Gasteiger partial charge is 0.261 e. The fraction of sp³-hybridized carbons (Fsp3) is 0.458. The summed E-state index contributed by atoms with van der Waals surface area (Å²) in [6.45, 7) is 8.73. The van der Waals surface area contributed by atoms with Gasteiger partial charge in [0.05, 0.1) is 18.0 Å². The summed E-state index contributed by atoms with van der Waals surface area (Å²) in [7, 11) is 1.68. The summed E-state index contributed by atoms with van der Waals surface area (Å²) in [5, 5.41) is 4.22. The predicted octanol–water partition coefficient (Wildman–Crippen LogP) is 4.45. The van der Waals surface area contributed by atoms with E-state index in [2.05, 4.69) is 32.3 Å². The summed E-state index contributed by atoms with van der Waals surface area (Å²) in [6, 6.07) is 8.33. The van der Waals surface area contributed by atoms with E-state index in [1.807, 2.05) is 32.9 Å². The molecule has 1 aromatic carbocycles. The Labute approximate surface area is 187 Å². The van der Waals surface area contributed by atoms with Crippen LogP contribution in [-0.4, -0.2) is 47.5 Å². The molecule has 4 rings (SSSR count). The van der Waals surface area contributed by atoms with Crippen LogP contribution in [0.2, 0.25) is 0 Å². The van der Waals surface area contributed by atoms with Gasteiger partial charge >= 0.3 is 0 Å². The SMILES string of the molecule is CCc1nc(C)c2c(C)c(C(=O)NCC(c3ccc(OC)cc3)N3CCCC3)sc2n1. The summed E-state index contributed by atoms with van der Waals surface area (Å²) in [5.41, 5.74) is 3.12. The van der Waals surface area contributed by atoms with Crippen molar-refractivity contribution in [1.29, 1.82) is 0 Å². The van der Waals surface area contributed by atoms with Gasteiger partial charge < -0.3 is 10.1 Å². The van der Waals surface area contributed by atoms with Crippen molar-refractivity contribution in [3.05, 3.63) is 51.8 Å². The van der Waals surface area contributed by atoms with E-state index in [4.69, 9.17) is 4.74 Å². The minimum Gasteiger partial charge on any atom is -0.497 e. The molecule has 7 heteroatoms. The first-order valence-corrected chi connectivity index (χ1v) is 11.8. The Bertz CT molecular complexity index is 1070. The van der Waals surface area contributed by atoms with Gasteiger partial charge in [-0.25, -0.2) is 9.97 Å². The molecule has 1 aliphatic rings. The van der Waals surface area contributed by atoms with E-state index in [1.54, 1.807) is 7.11 Å². The van der Waals surface area contributed by atoms with E-state index >= 15 is 0 Å². The molecule has 0 saturated carbocycles. The van der Waals surface area contributed by atoms with Crippen molar-refractivity contribution in [3.63, 3.8) is 0 Å². The molecule has 0 bridgehead atoms. The monoisotopic (exact) mass is 438 g/mol. The lowest BCUT2D eigenvalue weighted by molar-refractivity contribution is 0.0941. The number of aromatic nitrogens is 2. The van der Waals surface area contributed by atoms with Crippen LogP contribution in [0.3, 0.4) is 0 Å². The van der Waals surface area contributed by atoms with Crippen molar-refractivity contribution in [2.45, 2.75) is 46.1 Å². The van der Waals surface area contributed by atoms with Crippen LogP contribution in [0.4, 0.5) is 0 Å². The van der Waals surface area contributed by atoms with Crippen molar-refractivity contribution in [3.8, 4) is 5.75 Å². The zero-order valence-electron chi connectivity index (χ0n) is 18.7. The lowest BCUT2D eigenvalue weighted by Gasteiger charge is -2.28. The number of ether oxygens (including phenoxy) is 1. The Morgan fingerprint density at radius 1 is 1.19 bits per heavy atom. The highest BCUT2D eigenvalue weighted by atomic mass is 32.1. The summed E-state index contributed by atoms with van der Waals surface area (Å²) in [6.07, 6.45) is 3.19. The van der Waals surface area contributed by atoms with Gasteiger partial charge in [-0.2, -0.15) is 0 Å². The molecule has 1 saturated heterocycles. The van der Waals surface area contributed by atoms with Crippen LogP contribution >= 0.6 is 11.3 Å². The second-order valence-corrected chi connectivity index (χ2v) is 9.06. The van der Waals surface area contributed by atoms with Crippen LogP contribution in [0.5, 0.6) is 5.75 Å². The Balaban J connectivity index is 1.56. The maximum absolute atomic E-state index is 13.2. The maximum atomic E-state index is 13.2. The number of hydrogen-bond donors (Lipinski definition) is 1. The van der Waals surface area contributed by atoms with Crippen molar-refractivity contribution in [2.75, 3.05) is 26.7 Å². The molecule has 0 aliphatic carbocycles. The van der Waals surface area contributed by atoms with Crippen LogP contribution in [0.15, 0.2) is 24.3 Å². The normalized spacial score (nSPS) is 15.4. The number of fused-ring (bicyclic) bond motifs is 1. The van der Waals surface area contributed by atoms with Gasteiger partial charge in [0.2, 0.25) is 0 Å². The highest BCUT2D eigenvalue weighted by Crippen LogP contribution is 2.32. The van der Waals surface area contributed by atoms with Gasteiger partial charge in [-0.1, -0.05) is 19.1 Å². The van der Waals surface area contributed by atoms with E-state index in [0.29, 0.717) is 6.54 Å². The molecule has 2 aromatic heterocycles. The first-order chi connectivity index (χ1) is 15.0. The number of thiophene rings is 1. The lowest BCUT2D eigenvalue weighted by Crippen LogP contribution is -2.36. The highest BCUT2D eigenvalue weighted by Gasteiger charge is 2.25. The Hall–Kier alpha value is -2.51. The van der Waals surface area contributed by atoms with Gasteiger partial charge in [0.15, 0.2) is 0 Å². The number of nitrogens with one attached hydrogen (secondary N) is 1. The maximum Gasteiger partial charge on any atom is 0.261 e. The first-order valence-electron chi connectivity index (χ1n) is 10.9. The van der Waals surface area contributed by atoms with Crippen molar-refractivity contribution in [2.24, 2.45) is 0 Å². The van der Waals surface area contributed by atoms with Crippen LogP contribution in [0, 0.1) is 13.8 Å². The van der Waals surface area contributed by atoms with E-state index in [-0.39, 0.29) is 11.9 Å². The summed E-state index contributed by atoms with van der Waals surface area (Å²) in [4.78, 5) is 26.5. The molecule has 0 radical (unpaired) electrons. The zero-order chi connectivity index (χ0) is 22.0. The Morgan fingerprint density at radius 2 is 1.90 bits per heavy atom. The molecule has 3 aromatic rings. The number of carbonyl (C=O) groups is 1. The van der Waals surface area contributed by atoms with Gasteiger partial charge in [0.25, 0.3) is 5.91 Å². The molecule has 1 aliphatic heterocycles. The fourth-order valence-corrected chi connectivity index (χ4v) is 5.54. The molecule has 1 unspecified atom stereocenters. The van der Waals surface area contributed by atoms with Gasteiger partial charge in [-0.05, 0) is 63.0 Å². The van der Waals surface area contributed by atoms with E-state index in [0.717, 1.165) is 57.4 Å². The number of carbonyl (C=O) groups excluding carboxylic acids is 1. The van der Waals surface area contributed by atoms with Crippen molar-refractivity contribution >= 4 is 27.5 Å². The number of amides is 1. The molecule has 164 valence electrons. The third kappa shape index (κ3) is 4.43. The average Bonchev–Trinajstić information content (AvgIpc) is 3.42. The largest absolute Gasteiger partial charge is 0.497 e. The zero-order valence-corrected chi connectivity index (χ0v) is 19.5. The number of nitrogens with zero attached hydrogens (tertiary/aromatic N) is 3. The molecule has 1 atom stereocenters. The number of rotatable bonds is 7. The van der Waals surface area contributed by atoms with E-state index in [1.165, 1.54) is 29.7 Å². The standard InChI is InChI=1S/C24H30N4O2S/c1-5-20-26-16(3)21-15(2)22(31-24(21)27-20)23(29)25-14-19(28-12-6-7-13-28)17-8-10-18(30-4)11-9-17/h8-11,19H,5-7,12-14H2,1-4H3,(H,25,29). The van der Waals surface area contributed by atoms with Crippen LogP contribution in [-0.2, 0) is 6.42 Å². The minimum absolute atomic E-state index is 0.0318. The molecule has 1 N–H and O–H groups in total. The summed E-state index contributed by atoms with van der Waals surface area (Å²) in [5.74, 6) is 1.64. The topological polar surface area (TPSA) is 67.3 Å². The predicted molar refractivity (Wildman–Crippen MR) is 125 cm³/mol. The molecule has 31 heavy (non-hydrogen) atoms. The van der Waals surface area contributed by atoms with Crippen molar-refractivity contribution < 1.29 is 9.53 Å². The molecular weight excluding hydrogens is 408 g/mol. The summed E-state index contributed by atoms with van der Waals surface area (Å²) >= 11 is 1.47.